The van der Waals surface area contributed by atoms with E-state index in [2.05, 4.69) is 20.1 Å². The lowest BCUT2D eigenvalue weighted by Crippen LogP contribution is -2.18. The summed E-state index contributed by atoms with van der Waals surface area (Å²) < 4.78 is 13.5. The maximum absolute atomic E-state index is 13.5. The standard InChI is InChI=1S/C16H15N4OP/c21-22(14-8-2-1-3-9-14,19-15-10-4-6-12-17-15)20-16-11-5-7-13-18-16/h1-13H,(H2,17,18,19,20,21). The molecule has 0 bridgehead atoms. The van der Waals surface area contributed by atoms with Crippen LogP contribution < -0.4 is 15.5 Å². The van der Waals surface area contributed by atoms with Gasteiger partial charge in [-0.15, -0.1) is 0 Å². The number of nitrogens with one attached hydrogen (secondary N) is 2. The van der Waals surface area contributed by atoms with E-state index in [0.717, 1.165) is 0 Å². The molecule has 0 aliphatic heterocycles. The van der Waals surface area contributed by atoms with Gasteiger partial charge in [-0.3, -0.25) is 4.57 Å². The molecule has 5 nitrogen and oxygen atoms in total. The average molecular weight is 310 g/mol. The Morgan fingerprint density at radius 3 is 1.64 bits per heavy atom. The molecule has 0 aliphatic rings. The number of hydrogen-bond donors (Lipinski definition) is 2. The number of benzene rings is 1. The molecule has 0 saturated heterocycles. The topological polar surface area (TPSA) is 66.9 Å². The highest BCUT2D eigenvalue weighted by molar-refractivity contribution is 7.74. The van der Waals surface area contributed by atoms with Crippen molar-refractivity contribution in [2.24, 2.45) is 0 Å². The van der Waals surface area contributed by atoms with Crippen molar-refractivity contribution in [1.29, 1.82) is 0 Å². The van der Waals surface area contributed by atoms with E-state index >= 15 is 0 Å². The SMILES string of the molecule is O=P(Nc1ccccn1)(Nc1ccccn1)c1ccccc1. The molecule has 2 N–H and O–H groups in total. The summed E-state index contributed by atoms with van der Waals surface area (Å²) in [4.78, 5) is 8.37. The van der Waals surface area contributed by atoms with E-state index in [0.29, 0.717) is 16.9 Å². The first-order valence-corrected chi connectivity index (χ1v) is 8.51. The first kappa shape index (κ1) is 14.3. The van der Waals surface area contributed by atoms with Gasteiger partial charge >= 0.3 is 0 Å². The molecule has 110 valence electrons. The number of rotatable bonds is 5. The molecule has 22 heavy (non-hydrogen) atoms. The quantitative estimate of drug-likeness (QED) is 0.706. The van der Waals surface area contributed by atoms with E-state index in [1.807, 2.05) is 54.6 Å². The van der Waals surface area contributed by atoms with Gasteiger partial charge in [-0.2, -0.15) is 0 Å². The predicted molar refractivity (Wildman–Crippen MR) is 89.4 cm³/mol. The summed E-state index contributed by atoms with van der Waals surface area (Å²) in [5, 5.41) is 6.69. The van der Waals surface area contributed by atoms with Crippen LogP contribution in [0.5, 0.6) is 0 Å². The molecule has 1 aromatic carbocycles. The fourth-order valence-electron chi connectivity index (χ4n) is 1.98. The summed E-state index contributed by atoms with van der Waals surface area (Å²) in [6.45, 7) is 0. The Labute approximate surface area is 128 Å². The molecule has 2 heterocycles. The van der Waals surface area contributed by atoms with Gasteiger partial charge in [0.25, 0.3) is 7.44 Å². The second-order valence-corrected chi connectivity index (χ2v) is 6.78. The molecule has 0 spiro atoms. The zero-order valence-corrected chi connectivity index (χ0v) is 12.6. The van der Waals surface area contributed by atoms with Crippen LogP contribution >= 0.6 is 7.44 Å². The van der Waals surface area contributed by atoms with E-state index in [1.165, 1.54) is 0 Å². The van der Waals surface area contributed by atoms with Crippen molar-refractivity contribution in [3.05, 3.63) is 79.1 Å². The molecular weight excluding hydrogens is 295 g/mol. The Balaban J connectivity index is 1.97. The minimum atomic E-state index is -3.14. The Morgan fingerprint density at radius 2 is 1.18 bits per heavy atom. The van der Waals surface area contributed by atoms with Crippen LogP contribution in [-0.2, 0) is 4.57 Å². The summed E-state index contributed by atoms with van der Waals surface area (Å²) in [7, 11) is -3.14. The zero-order valence-electron chi connectivity index (χ0n) is 11.8. The van der Waals surface area contributed by atoms with Crippen LogP contribution in [0, 0.1) is 0 Å². The monoisotopic (exact) mass is 310 g/mol. The third-order valence-corrected chi connectivity index (χ3v) is 5.11. The molecular formula is C16H15N4OP. The first-order valence-electron chi connectivity index (χ1n) is 6.81. The maximum atomic E-state index is 13.5. The Hall–Kier alpha value is -2.65. The van der Waals surface area contributed by atoms with Crippen molar-refractivity contribution in [2.45, 2.75) is 0 Å². The number of hydrogen-bond acceptors (Lipinski definition) is 3. The number of nitrogens with zero attached hydrogens (tertiary/aromatic N) is 2. The lowest BCUT2D eigenvalue weighted by atomic mass is 10.4. The smallest absolute Gasteiger partial charge is 0.289 e. The lowest BCUT2D eigenvalue weighted by molar-refractivity contribution is 0.587. The molecule has 3 rings (SSSR count). The first-order chi connectivity index (χ1) is 10.8. The summed E-state index contributed by atoms with van der Waals surface area (Å²) in [5.41, 5.74) is 0. The van der Waals surface area contributed by atoms with Gasteiger partial charge in [0, 0.05) is 12.4 Å². The highest BCUT2D eigenvalue weighted by Crippen LogP contribution is 2.43. The molecule has 6 heteroatoms. The van der Waals surface area contributed by atoms with E-state index in [-0.39, 0.29) is 0 Å². The molecule has 0 atom stereocenters. The van der Waals surface area contributed by atoms with Gasteiger partial charge in [0.15, 0.2) is 0 Å². The summed E-state index contributed by atoms with van der Waals surface area (Å²) in [6.07, 6.45) is 3.30. The average Bonchev–Trinajstić information content (AvgIpc) is 2.57. The van der Waals surface area contributed by atoms with Crippen molar-refractivity contribution in [2.75, 3.05) is 10.2 Å². The Bertz CT molecular complexity index is 720. The van der Waals surface area contributed by atoms with Crippen LogP contribution in [0.2, 0.25) is 0 Å². The van der Waals surface area contributed by atoms with Gasteiger partial charge < -0.3 is 10.2 Å². The fraction of sp³-hybridized carbons (Fsp3) is 0. The van der Waals surface area contributed by atoms with Gasteiger partial charge in [0.1, 0.15) is 11.6 Å². The maximum Gasteiger partial charge on any atom is 0.289 e. The van der Waals surface area contributed by atoms with E-state index in [9.17, 15) is 4.57 Å². The van der Waals surface area contributed by atoms with E-state index in [1.54, 1.807) is 24.5 Å². The van der Waals surface area contributed by atoms with Crippen molar-refractivity contribution in [3.8, 4) is 0 Å². The largest absolute Gasteiger partial charge is 0.301 e. The van der Waals surface area contributed by atoms with Crippen molar-refractivity contribution in [3.63, 3.8) is 0 Å². The van der Waals surface area contributed by atoms with Crippen LogP contribution in [0.25, 0.3) is 0 Å². The summed E-state index contributed by atoms with van der Waals surface area (Å²) in [5.74, 6) is 1.08. The molecule has 0 radical (unpaired) electrons. The van der Waals surface area contributed by atoms with Gasteiger partial charge in [-0.05, 0) is 36.4 Å². The predicted octanol–water partition coefficient (Wildman–Crippen LogP) is 3.52. The van der Waals surface area contributed by atoms with Crippen LogP contribution in [0.1, 0.15) is 0 Å². The Kier molecular flexibility index (Phi) is 4.17. The number of aromatic nitrogens is 2. The number of anilines is 2. The minimum absolute atomic E-state index is 0.540. The van der Waals surface area contributed by atoms with Gasteiger partial charge in [0.05, 0.1) is 5.30 Å². The van der Waals surface area contributed by atoms with Crippen LogP contribution in [0.4, 0.5) is 11.6 Å². The van der Waals surface area contributed by atoms with Crippen LogP contribution in [0.15, 0.2) is 79.1 Å². The lowest BCUT2D eigenvalue weighted by Gasteiger charge is -2.21. The molecule has 0 aliphatic carbocycles. The fourth-order valence-corrected chi connectivity index (χ4v) is 3.79. The second kappa shape index (κ2) is 6.41. The third kappa shape index (κ3) is 3.32. The molecule has 0 amide bonds. The Morgan fingerprint density at radius 1 is 0.682 bits per heavy atom. The van der Waals surface area contributed by atoms with Crippen LogP contribution in [0.3, 0.4) is 0 Å². The summed E-state index contributed by atoms with van der Waals surface area (Å²) >= 11 is 0. The van der Waals surface area contributed by atoms with Crippen molar-refractivity contribution in [1.82, 2.24) is 9.97 Å². The molecule has 0 saturated carbocycles. The highest BCUT2D eigenvalue weighted by atomic mass is 31.2. The van der Waals surface area contributed by atoms with E-state index < -0.39 is 7.44 Å². The van der Waals surface area contributed by atoms with Gasteiger partial charge in [-0.1, -0.05) is 30.3 Å². The second-order valence-electron chi connectivity index (χ2n) is 4.60. The van der Waals surface area contributed by atoms with E-state index in [4.69, 9.17) is 0 Å². The number of pyridine rings is 2. The van der Waals surface area contributed by atoms with Crippen molar-refractivity contribution >= 4 is 24.4 Å². The van der Waals surface area contributed by atoms with Gasteiger partial charge in [-0.25, -0.2) is 9.97 Å². The minimum Gasteiger partial charge on any atom is -0.301 e. The molecule has 0 fully saturated rings. The molecule has 3 aromatic rings. The van der Waals surface area contributed by atoms with Crippen LogP contribution in [-0.4, -0.2) is 9.97 Å². The third-order valence-electron chi connectivity index (χ3n) is 2.99. The zero-order chi connectivity index (χ0) is 15.3. The van der Waals surface area contributed by atoms with Crippen molar-refractivity contribution < 1.29 is 4.57 Å². The van der Waals surface area contributed by atoms with Gasteiger partial charge in [0.2, 0.25) is 0 Å². The molecule has 0 unspecified atom stereocenters. The normalized spacial score (nSPS) is 10.9. The molecule has 2 aromatic heterocycles. The summed E-state index contributed by atoms with van der Waals surface area (Å²) in [6, 6.07) is 20.1. The highest BCUT2D eigenvalue weighted by Gasteiger charge is 2.25.